The van der Waals surface area contributed by atoms with Crippen LogP contribution in [0.15, 0.2) is 18.3 Å². The third kappa shape index (κ3) is 1.22. The fraction of sp³-hybridized carbons (Fsp3) is 0.111. The highest BCUT2D eigenvalue weighted by atomic mass is 19.1. The van der Waals surface area contributed by atoms with E-state index in [4.69, 9.17) is 5.11 Å². The van der Waals surface area contributed by atoms with Gasteiger partial charge in [-0.05, 0) is 12.1 Å². The summed E-state index contributed by atoms with van der Waals surface area (Å²) < 4.78 is 14.7. The number of nitrogens with zero attached hydrogens (tertiary/aromatic N) is 2. The van der Waals surface area contributed by atoms with Crippen molar-refractivity contribution in [2.75, 3.05) is 0 Å². The normalized spacial score (nSPS) is 10.7. The van der Waals surface area contributed by atoms with E-state index in [1.807, 2.05) is 0 Å². The van der Waals surface area contributed by atoms with E-state index in [0.29, 0.717) is 5.39 Å². The van der Waals surface area contributed by atoms with Gasteiger partial charge in [-0.1, -0.05) is 0 Å². The zero-order valence-electron chi connectivity index (χ0n) is 7.36. The summed E-state index contributed by atoms with van der Waals surface area (Å²) in [7, 11) is 1.65. The second-order valence-electron chi connectivity index (χ2n) is 3.00. The van der Waals surface area contributed by atoms with E-state index in [1.165, 1.54) is 10.7 Å². The zero-order valence-corrected chi connectivity index (χ0v) is 7.36. The lowest BCUT2D eigenvalue weighted by atomic mass is 10.1. The molecule has 5 heteroatoms. The van der Waals surface area contributed by atoms with E-state index in [9.17, 15) is 9.18 Å². The van der Waals surface area contributed by atoms with Gasteiger partial charge in [0.15, 0.2) is 5.82 Å². The maximum Gasteiger partial charge on any atom is 0.335 e. The summed E-state index contributed by atoms with van der Waals surface area (Å²) in [5.74, 6) is -1.75. The van der Waals surface area contributed by atoms with Crippen LogP contribution in [0, 0.1) is 5.82 Å². The average molecular weight is 194 g/mol. The molecular formula is C9H7FN2O2. The molecule has 1 N–H and O–H groups in total. The molecule has 0 amide bonds. The van der Waals surface area contributed by atoms with Crippen LogP contribution in [0.5, 0.6) is 0 Å². The maximum atomic E-state index is 13.3. The van der Waals surface area contributed by atoms with E-state index >= 15 is 0 Å². The van der Waals surface area contributed by atoms with Crippen LogP contribution in [0.3, 0.4) is 0 Å². The van der Waals surface area contributed by atoms with Crippen LogP contribution in [-0.2, 0) is 7.05 Å². The van der Waals surface area contributed by atoms with Crippen molar-refractivity contribution in [3.8, 4) is 0 Å². The number of carboxylic acids is 1. The summed E-state index contributed by atoms with van der Waals surface area (Å²) in [5, 5.41) is 13.0. The van der Waals surface area contributed by atoms with Crippen molar-refractivity contribution in [3.05, 3.63) is 29.7 Å². The Hall–Kier alpha value is -1.91. The Balaban J connectivity index is 2.77. The largest absolute Gasteiger partial charge is 0.478 e. The Morgan fingerprint density at radius 3 is 2.93 bits per heavy atom. The fourth-order valence-electron chi connectivity index (χ4n) is 1.34. The summed E-state index contributed by atoms with van der Waals surface area (Å²) in [6.07, 6.45) is 1.57. The third-order valence-corrected chi connectivity index (χ3v) is 1.92. The van der Waals surface area contributed by atoms with Gasteiger partial charge in [0.1, 0.15) is 5.52 Å². The van der Waals surface area contributed by atoms with Gasteiger partial charge in [0.05, 0.1) is 5.56 Å². The number of halogens is 1. The molecule has 4 nitrogen and oxygen atoms in total. The fourth-order valence-corrected chi connectivity index (χ4v) is 1.34. The molecule has 1 aromatic carbocycles. The van der Waals surface area contributed by atoms with E-state index in [1.54, 1.807) is 13.2 Å². The second-order valence-corrected chi connectivity index (χ2v) is 3.00. The predicted octanol–water partition coefficient (Wildman–Crippen LogP) is 1.41. The Bertz CT molecular complexity index is 519. The molecule has 0 aliphatic heterocycles. The van der Waals surface area contributed by atoms with Crippen molar-refractivity contribution in [2.24, 2.45) is 7.05 Å². The van der Waals surface area contributed by atoms with Gasteiger partial charge in [-0.15, -0.1) is 0 Å². The number of carbonyl (C=O) groups is 1. The van der Waals surface area contributed by atoms with Crippen LogP contribution < -0.4 is 0 Å². The highest BCUT2D eigenvalue weighted by Crippen LogP contribution is 2.18. The second kappa shape index (κ2) is 2.80. The Kier molecular flexibility index (Phi) is 1.73. The molecule has 0 spiro atoms. The molecule has 0 saturated heterocycles. The van der Waals surface area contributed by atoms with E-state index in [-0.39, 0.29) is 11.1 Å². The Morgan fingerprint density at radius 2 is 2.29 bits per heavy atom. The molecule has 1 heterocycles. The summed E-state index contributed by atoms with van der Waals surface area (Å²) >= 11 is 0. The Labute approximate surface area is 78.6 Å². The molecule has 72 valence electrons. The molecule has 0 aliphatic rings. The molecule has 2 rings (SSSR count). The van der Waals surface area contributed by atoms with Gasteiger partial charge in [-0.3, -0.25) is 4.68 Å². The Morgan fingerprint density at radius 1 is 1.57 bits per heavy atom. The van der Waals surface area contributed by atoms with Crippen molar-refractivity contribution in [1.82, 2.24) is 9.78 Å². The monoisotopic (exact) mass is 194 g/mol. The molecule has 0 atom stereocenters. The molecule has 2 aromatic rings. The molecule has 0 unspecified atom stereocenters. The van der Waals surface area contributed by atoms with Gasteiger partial charge in [0, 0.05) is 18.6 Å². The van der Waals surface area contributed by atoms with Gasteiger partial charge in [0.2, 0.25) is 0 Å². The standard InChI is InChI=1S/C9H7FN2O2/c1-12-4-6-2-5(9(13)14)3-7(10)8(6)11-12/h2-4H,1H3,(H,13,14). The molecule has 0 bridgehead atoms. The van der Waals surface area contributed by atoms with Gasteiger partial charge >= 0.3 is 5.97 Å². The summed E-state index contributed by atoms with van der Waals surface area (Å²) in [6, 6.07) is 2.37. The number of fused-ring (bicyclic) bond motifs is 1. The highest BCUT2D eigenvalue weighted by molar-refractivity contribution is 5.93. The number of carboxylic acid groups (broad SMARTS) is 1. The lowest BCUT2D eigenvalue weighted by molar-refractivity contribution is 0.0696. The quantitative estimate of drug-likeness (QED) is 0.746. The minimum atomic E-state index is -1.14. The summed E-state index contributed by atoms with van der Waals surface area (Å²) in [5.41, 5.74) is 0.125. The first kappa shape index (κ1) is 8.68. The summed E-state index contributed by atoms with van der Waals surface area (Å²) in [6.45, 7) is 0. The van der Waals surface area contributed by atoms with Crippen molar-refractivity contribution in [2.45, 2.75) is 0 Å². The lowest BCUT2D eigenvalue weighted by Gasteiger charge is -1.94. The molecule has 0 fully saturated rings. The van der Waals surface area contributed by atoms with Crippen LogP contribution >= 0.6 is 0 Å². The van der Waals surface area contributed by atoms with Gasteiger partial charge in [-0.2, -0.15) is 5.10 Å². The number of hydrogen-bond donors (Lipinski definition) is 1. The predicted molar refractivity (Wildman–Crippen MR) is 47.6 cm³/mol. The number of aryl methyl sites for hydroxylation is 1. The molecule has 1 aromatic heterocycles. The van der Waals surface area contributed by atoms with Gasteiger partial charge < -0.3 is 5.11 Å². The number of hydrogen-bond acceptors (Lipinski definition) is 2. The highest BCUT2D eigenvalue weighted by Gasteiger charge is 2.11. The SMILES string of the molecule is Cn1cc2cc(C(=O)O)cc(F)c2n1. The molecule has 14 heavy (non-hydrogen) atoms. The van der Waals surface area contributed by atoms with Crippen molar-refractivity contribution >= 4 is 16.9 Å². The van der Waals surface area contributed by atoms with Crippen LogP contribution in [0.2, 0.25) is 0 Å². The molecular weight excluding hydrogens is 187 g/mol. The first-order valence-electron chi connectivity index (χ1n) is 3.94. The minimum Gasteiger partial charge on any atom is -0.478 e. The zero-order chi connectivity index (χ0) is 10.3. The van der Waals surface area contributed by atoms with E-state index in [2.05, 4.69) is 5.10 Å². The maximum absolute atomic E-state index is 13.3. The van der Waals surface area contributed by atoms with Crippen molar-refractivity contribution in [1.29, 1.82) is 0 Å². The van der Waals surface area contributed by atoms with Crippen molar-refractivity contribution < 1.29 is 14.3 Å². The molecule has 0 aliphatic carbocycles. The molecule has 0 saturated carbocycles. The number of rotatable bonds is 1. The van der Waals surface area contributed by atoms with E-state index < -0.39 is 11.8 Å². The summed E-state index contributed by atoms with van der Waals surface area (Å²) in [4.78, 5) is 10.6. The van der Waals surface area contributed by atoms with Gasteiger partial charge in [-0.25, -0.2) is 9.18 Å². The third-order valence-electron chi connectivity index (χ3n) is 1.92. The minimum absolute atomic E-state index is 0.0667. The number of benzene rings is 1. The van der Waals surface area contributed by atoms with Crippen LogP contribution in [0.25, 0.3) is 10.9 Å². The van der Waals surface area contributed by atoms with Gasteiger partial charge in [0.25, 0.3) is 0 Å². The van der Waals surface area contributed by atoms with Crippen LogP contribution in [0.4, 0.5) is 4.39 Å². The van der Waals surface area contributed by atoms with E-state index in [0.717, 1.165) is 6.07 Å². The van der Waals surface area contributed by atoms with Crippen molar-refractivity contribution in [3.63, 3.8) is 0 Å². The smallest absolute Gasteiger partial charge is 0.335 e. The topological polar surface area (TPSA) is 55.1 Å². The lowest BCUT2D eigenvalue weighted by Crippen LogP contribution is -1.96. The first-order chi connectivity index (χ1) is 6.58. The van der Waals surface area contributed by atoms with Crippen LogP contribution in [-0.4, -0.2) is 20.9 Å². The van der Waals surface area contributed by atoms with Crippen LogP contribution in [0.1, 0.15) is 10.4 Å². The first-order valence-corrected chi connectivity index (χ1v) is 3.94. The number of aromatic carboxylic acids is 1. The molecule has 0 radical (unpaired) electrons. The number of aromatic nitrogens is 2. The average Bonchev–Trinajstić information content (AvgIpc) is 2.45.